The molecule has 6 nitrogen and oxygen atoms in total. The minimum absolute atomic E-state index is 0.271. The number of rotatable bonds is 7. The van der Waals surface area contributed by atoms with Crippen LogP contribution in [0.3, 0.4) is 0 Å². The summed E-state index contributed by atoms with van der Waals surface area (Å²) in [5.74, 6) is 0.770. The Morgan fingerprint density at radius 1 is 1.12 bits per heavy atom. The quantitative estimate of drug-likeness (QED) is 0.594. The molecule has 0 spiro atoms. The molecule has 3 atom stereocenters. The van der Waals surface area contributed by atoms with Crippen LogP contribution in [0.5, 0.6) is 0 Å². The fourth-order valence-electron chi connectivity index (χ4n) is 4.66. The highest BCUT2D eigenvalue weighted by molar-refractivity contribution is 6.02. The van der Waals surface area contributed by atoms with E-state index in [0.717, 1.165) is 12.3 Å². The summed E-state index contributed by atoms with van der Waals surface area (Å²) >= 11 is 0. The first-order valence-corrected chi connectivity index (χ1v) is 9.45. The fraction of sp³-hybridized carbons (Fsp3) is 0.650. The molecule has 0 unspecified atom stereocenters. The highest BCUT2D eigenvalue weighted by Gasteiger charge is 2.40. The van der Waals surface area contributed by atoms with Gasteiger partial charge in [0.25, 0.3) is 0 Å². The largest absolute Gasteiger partial charge is 0.462 e. The number of esters is 2. The smallest absolute Gasteiger partial charge is 0.340 e. The predicted molar refractivity (Wildman–Crippen MR) is 95.1 cm³/mol. The molecule has 0 radical (unpaired) electrons. The van der Waals surface area contributed by atoms with E-state index in [4.69, 9.17) is 9.47 Å². The van der Waals surface area contributed by atoms with Crippen molar-refractivity contribution in [2.45, 2.75) is 52.9 Å². The average Bonchev–Trinajstić information content (AvgIpc) is 3.27. The second-order valence-electron chi connectivity index (χ2n) is 7.57. The molecule has 142 valence electrons. The lowest BCUT2D eigenvalue weighted by molar-refractivity contribution is -0.144. The van der Waals surface area contributed by atoms with Gasteiger partial charge in [-0.15, -0.1) is 0 Å². The van der Waals surface area contributed by atoms with Gasteiger partial charge in [-0.25, -0.2) is 4.79 Å². The summed E-state index contributed by atoms with van der Waals surface area (Å²) in [5, 5.41) is 0. The Morgan fingerprint density at radius 3 is 2.50 bits per heavy atom. The minimum Gasteiger partial charge on any atom is -0.462 e. The third-order valence-electron chi connectivity index (χ3n) is 5.87. The van der Waals surface area contributed by atoms with Gasteiger partial charge < -0.3 is 14.5 Å². The Hall–Kier alpha value is -2.11. The molecule has 2 fully saturated rings. The zero-order valence-corrected chi connectivity index (χ0v) is 15.7. The van der Waals surface area contributed by atoms with Crippen LogP contribution in [0.2, 0.25) is 0 Å². The summed E-state index contributed by atoms with van der Waals surface area (Å²) in [6.07, 6.45) is 5.29. The monoisotopic (exact) mass is 361 g/mol. The molecule has 2 bridgehead atoms. The molecule has 0 saturated heterocycles. The number of aromatic amines is 1. The number of carbonyl (C=O) groups is 3. The molecular formula is C20H27NO5. The van der Waals surface area contributed by atoms with Crippen molar-refractivity contribution < 1.29 is 23.9 Å². The van der Waals surface area contributed by atoms with E-state index in [9.17, 15) is 14.4 Å². The van der Waals surface area contributed by atoms with Crippen molar-refractivity contribution in [1.82, 2.24) is 4.98 Å². The summed E-state index contributed by atoms with van der Waals surface area (Å²) < 4.78 is 10.2. The number of carbonyl (C=O) groups excluding carboxylic acids is 3. The van der Waals surface area contributed by atoms with Crippen molar-refractivity contribution in [2.24, 2.45) is 17.8 Å². The van der Waals surface area contributed by atoms with Gasteiger partial charge in [-0.3, -0.25) is 9.59 Å². The van der Waals surface area contributed by atoms with Gasteiger partial charge in [0.2, 0.25) is 5.78 Å². The van der Waals surface area contributed by atoms with E-state index < -0.39 is 5.97 Å². The van der Waals surface area contributed by atoms with Crippen molar-refractivity contribution >= 4 is 17.7 Å². The van der Waals surface area contributed by atoms with E-state index in [1.165, 1.54) is 19.3 Å². The molecule has 26 heavy (non-hydrogen) atoms. The third kappa shape index (κ3) is 3.69. The van der Waals surface area contributed by atoms with Crippen LogP contribution in [-0.2, 0) is 14.3 Å². The van der Waals surface area contributed by atoms with Crippen molar-refractivity contribution in [1.29, 1.82) is 0 Å². The number of ketones is 1. The Balaban J connectivity index is 1.55. The van der Waals surface area contributed by atoms with Gasteiger partial charge in [0, 0.05) is 12.1 Å². The molecule has 6 heteroatoms. The van der Waals surface area contributed by atoms with E-state index >= 15 is 0 Å². The number of fused-ring (bicyclic) bond motifs is 2. The molecule has 1 heterocycles. The zero-order valence-electron chi connectivity index (χ0n) is 15.7. The maximum absolute atomic E-state index is 12.4. The van der Waals surface area contributed by atoms with Crippen LogP contribution >= 0.6 is 0 Å². The van der Waals surface area contributed by atoms with Crippen LogP contribution in [0.1, 0.15) is 71.1 Å². The second-order valence-corrected chi connectivity index (χ2v) is 7.57. The number of ether oxygens (including phenoxy) is 2. The number of aryl methyl sites for hydroxylation is 1. The lowest BCUT2D eigenvalue weighted by atomic mass is 9.86. The molecule has 1 N–H and O–H groups in total. The lowest BCUT2D eigenvalue weighted by Crippen LogP contribution is -2.20. The number of H-pyrrole nitrogens is 1. The van der Waals surface area contributed by atoms with Crippen molar-refractivity contribution in [3.63, 3.8) is 0 Å². The highest BCUT2D eigenvalue weighted by Crippen LogP contribution is 2.49. The first-order chi connectivity index (χ1) is 12.4. The average molecular weight is 361 g/mol. The molecule has 2 aliphatic rings. The fourth-order valence-corrected chi connectivity index (χ4v) is 4.66. The molecule has 2 aliphatic carbocycles. The maximum atomic E-state index is 12.4. The minimum atomic E-state index is -0.453. The lowest BCUT2D eigenvalue weighted by Gasteiger charge is -2.20. The van der Waals surface area contributed by atoms with Crippen molar-refractivity contribution in [3.8, 4) is 0 Å². The van der Waals surface area contributed by atoms with Crippen LogP contribution in [0.15, 0.2) is 0 Å². The van der Waals surface area contributed by atoms with Gasteiger partial charge in [-0.2, -0.15) is 0 Å². The Kier molecular flexibility index (Phi) is 5.49. The van der Waals surface area contributed by atoms with Crippen molar-refractivity contribution in [2.75, 3.05) is 13.2 Å². The summed E-state index contributed by atoms with van der Waals surface area (Å²) in [5.41, 5.74) is 1.80. The number of hydrogen-bond donors (Lipinski definition) is 1. The summed E-state index contributed by atoms with van der Waals surface area (Å²) in [6.45, 7) is 5.11. The first-order valence-electron chi connectivity index (χ1n) is 9.45. The third-order valence-corrected chi connectivity index (χ3v) is 5.87. The Bertz CT molecular complexity index is 720. The Morgan fingerprint density at radius 2 is 1.88 bits per heavy atom. The molecule has 1 aromatic rings. The summed E-state index contributed by atoms with van der Waals surface area (Å²) in [6, 6.07) is 0. The topological polar surface area (TPSA) is 85.5 Å². The van der Waals surface area contributed by atoms with E-state index in [0.29, 0.717) is 40.8 Å². The van der Waals surface area contributed by atoms with Gasteiger partial charge in [0.05, 0.1) is 17.9 Å². The first kappa shape index (κ1) is 18.7. The molecular weight excluding hydrogens is 334 g/mol. The second kappa shape index (κ2) is 7.64. The van der Waals surface area contributed by atoms with E-state index in [2.05, 4.69) is 4.98 Å². The van der Waals surface area contributed by atoms with Crippen LogP contribution in [-0.4, -0.2) is 35.9 Å². The number of nitrogens with one attached hydrogen (secondary N) is 1. The molecule has 0 amide bonds. The SMILES string of the molecule is CCOC(=O)c1c(C)[nH]c(C(=O)COC(=O)C[C@H]2C[C@H]3CC[C@@H]2C3)c1C. The van der Waals surface area contributed by atoms with Gasteiger partial charge >= 0.3 is 11.9 Å². The Labute approximate surface area is 153 Å². The maximum Gasteiger partial charge on any atom is 0.340 e. The van der Waals surface area contributed by atoms with Crippen LogP contribution < -0.4 is 0 Å². The molecule has 2 saturated carbocycles. The van der Waals surface area contributed by atoms with Crippen LogP contribution in [0.4, 0.5) is 0 Å². The molecule has 0 aromatic carbocycles. The molecule has 1 aromatic heterocycles. The molecule has 0 aliphatic heterocycles. The van der Waals surface area contributed by atoms with Gasteiger partial charge in [0.15, 0.2) is 6.61 Å². The van der Waals surface area contributed by atoms with E-state index in [1.54, 1.807) is 20.8 Å². The van der Waals surface area contributed by atoms with Gasteiger partial charge in [0.1, 0.15) is 0 Å². The van der Waals surface area contributed by atoms with E-state index in [-0.39, 0.29) is 25.0 Å². The number of Topliss-reactive ketones (excluding diaryl/α,β-unsaturated/α-hetero) is 1. The van der Waals surface area contributed by atoms with E-state index in [1.807, 2.05) is 0 Å². The van der Waals surface area contributed by atoms with Crippen LogP contribution in [0.25, 0.3) is 0 Å². The summed E-state index contributed by atoms with van der Waals surface area (Å²) in [7, 11) is 0. The van der Waals surface area contributed by atoms with Gasteiger partial charge in [-0.05, 0) is 63.4 Å². The molecule has 3 rings (SSSR count). The van der Waals surface area contributed by atoms with Crippen LogP contribution in [0, 0.1) is 31.6 Å². The summed E-state index contributed by atoms with van der Waals surface area (Å²) in [4.78, 5) is 39.5. The standard InChI is InChI=1S/C20H27NO5/c1-4-25-20(24)18-11(2)19(21-12(18)3)16(22)10-26-17(23)9-15-8-13-5-6-14(15)7-13/h13-15,21H,4-10H2,1-3H3/t13-,14+,15+/m0/s1. The normalized spacial score (nSPS) is 23.9. The van der Waals surface area contributed by atoms with Gasteiger partial charge in [-0.1, -0.05) is 6.42 Å². The van der Waals surface area contributed by atoms with Crippen molar-refractivity contribution in [3.05, 3.63) is 22.5 Å². The zero-order chi connectivity index (χ0) is 18.8. The number of hydrogen-bond acceptors (Lipinski definition) is 5. The highest BCUT2D eigenvalue weighted by atomic mass is 16.5. The number of aromatic nitrogens is 1. The predicted octanol–water partition coefficient (Wildman–Crippen LogP) is 3.36.